The SMILES string of the molecule is NCCCC1CCCCN1CC(F)F. The van der Waals surface area contributed by atoms with E-state index in [1.165, 1.54) is 6.42 Å². The van der Waals surface area contributed by atoms with Gasteiger partial charge in [0.05, 0.1) is 6.54 Å². The first-order valence-electron chi connectivity index (χ1n) is 5.46. The lowest BCUT2D eigenvalue weighted by Crippen LogP contribution is -2.42. The van der Waals surface area contributed by atoms with E-state index >= 15 is 0 Å². The molecule has 2 nitrogen and oxygen atoms in total. The standard InChI is InChI=1S/C10H20F2N2/c11-10(12)8-14-7-2-1-4-9(14)5-3-6-13/h9-10H,1-8,13H2. The topological polar surface area (TPSA) is 29.3 Å². The van der Waals surface area contributed by atoms with E-state index in [0.29, 0.717) is 12.6 Å². The summed E-state index contributed by atoms with van der Waals surface area (Å²) in [5, 5.41) is 0. The predicted octanol–water partition coefficient (Wildman–Crippen LogP) is 1.84. The molecule has 14 heavy (non-hydrogen) atoms. The Bertz CT molecular complexity index is 153. The zero-order valence-corrected chi connectivity index (χ0v) is 8.59. The predicted molar refractivity (Wildman–Crippen MR) is 53.5 cm³/mol. The summed E-state index contributed by atoms with van der Waals surface area (Å²) in [6, 6.07) is 0.348. The van der Waals surface area contributed by atoms with Crippen LogP contribution < -0.4 is 5.73 Å². The van der Waals surface area contributed by atoms with Gasteiger partial charge in [-0.1, -0.05) is 6.42 Å². The summed E-state index contributed by atoms with van der Waals surface area (Å²) < 4.78 is 24.5. The average molecular weight is 206 g/mol. The molecule has 1 atom stereocenters. The van der Waals surface area contributed by atoms with E-state index in [1.54, 1.807) is 0 Å². The highest BCUT2D eigenvalue weighted by molar-refractivity contribution is 4.77. The molecule has 0 radical (unpaired) electrons. The Morgan fingerprint density at radius 2 is 2.14 bits per heavy atom. The summed E-state index contributed by atoms with van der Waals surface area (Å²) in [5.74, 6) is 0. The Hall–Kier alpha value is -0.220. The molecule has 1 heterocycles. The molecule has 0 aromatic carbocycles. The first-order chi connectivity index (χ1) is 6.74. The van der Waals surface area contributed by atoms with E-state index < -0.39 is 6.43 Å². The van der Waals surface area contributed by atoms with Crippen LogP contribution >= 0.6 is 0 Å². The van der Waals surface area contributed by atoms with Crippen molar-refractivity contribution in [2.24, 2.45) is 5.73 Å². The van der Waals surface area contributed by atoms with Crippen molar-refractivity contribution in [1.29, 1.82) is 0 Å². The Balaban J connectivity index is 2.33. The van der Waals surface area contributed by atoms with Crippen LogP contribution in [0.25, 0.3) is 0 Å². The molecule has 1 rings (SSSR count). The molecule has 1 unspecified atom stereocenters. The average Bonchev–Trinajstić information content (AvgIpc) is 2.16. The van der Waals surface area contributed by atoms with Gasteiger partial charge in [-0.05, 0) is 38.8 Å². The van der Waals surface area contributed by atoms with Crippen molar-refractivity contribution >= 4 is 0 Å². The third-order valence-electron chi connectivity index (χ3n) is 2.86. The highest BCUT2D eigenvalue weighted by Crippen LogP contribution is 2.21. The van der Waals surface area contributed by atoms with E-state index in [-0.39, 0.29) is 6.54 Å². The monoisotopic (exact) mass is 206 g/mol. The Morgan fingerprint density at radius 1 is 1.36 bits per heavy atom. The summed E-state index contributed by atoms with van der Waals surface area (Å²) in [6.45, 7) is 1.44. The highest BCUT2D eigenvalue weighted by atomic mass is 19.3. The van der Waals surface area contributed by atoms with Gasteiger partial charge in [0.25, 0.3) is 6.43 Å². The van der Waals surface area contributed by atoms with E-state index in [2.05, 4.69) is 0 Å². The van der Waals surface area contributed by atoms with Gasteiger partial charge in [-0.25, -0.2) is 8.78 Å². The Morgan fingerprint density at radius 3 is 2.79 bits per heavy atom. The van der Waals surface area contributed by atoms with Crippen LogP contribution in [-0.2, 0) is 0 Å². The van der Waals surface area contributed by atoms with Crippen molar-refractivity contribution in [2.75, 3.05) is 19.6 Å². The number of piperidine rings is 1. The van der Waals surface area contributed by atoms with E-state index in [0.717, 1.165) is 32.2 Å². The van der Waals surface area contributed by atoms with Crippen LogP contribution in [0.3, 0.4) is 0 Å². The molecule has 0 saturated carbocycles. The number of likely N-dealkylation sites (tertiary alicyclic amines) is 1. The fourth-order valence-electron chi connectivity index (χ4n) is 2.16. The fourth-order valence-corrected chi connectivity index (χ4v) is 2.16. The van der Waals surface area contributed by atoms with Crippen LogP contribution in [0.5, 0.6) is 0 Å². The van der Waals surface area contributed by atoms with Gasteiger partial charge in [0.15, 0.2) is 0 Å². The van der Waals surface area contributed by atoms with Gasteiger partial charge in [0, 0.05) is 6.04 Å². The summed E-state index contributed by atoms with van der Waals surface area (Å²) in [6.07, 6.45) is 3.02. The van der Waals surface area contributed by atoms with Gasteiger partial charge in [-0.2, -0.15) is 0 Å². The maximum Gasteiger partial charge on any atom is 0.251 e. The molecule has 1 aliphatic heterocycles. The zero-order valence-electron chi connectivity index (χ0n) is 8.59. The lowest BCUT2D eigenvalue weighted by Gasteiger charge is -2.35. The second kappa shape index (κ2) is 6.30. The Labute approximate surface area is 84.4 Å². The molecule has 1 fully saturated rings. The fraction of sp³-hybridized carbons (Fsp3) is 1.00. The molecule has 0 aromatic heterocycles. The van der Waals surface area contributed by atoms with Crippen molar-refractivity contribution in [3.05, 3.63) is 0 Å². The van der Waals surface area contributed by atoms with Crippen LogP contribution in [0, 0.1) is 0 Å². The van der Waals surface area contributed by atoms with Crippen LogP contribution in [0.15, 0.2) is 0 Å². The molecule has 0 spiro atoms. The van der Waals surface area contributed by atoms with Crippen molar-refractivity contribution in [2.45, 2.75) is 44.6 Å². The molecule has 1 saturated heterocycles. The lowest BCUT2D eigenvalue weighted by molar-refractivity contribution is 0.0462. The zero-order chi connectivity index (χ0) is 10.4. The number of nitrogens with two attached hydrogens (primary N) is 1. The number of nitrogens with zero attached hydrogens (tertiary/aromatic N) is 1. The van der Waals surface area contributed by atoms with E-state index in [1.807, 2.05) is 4.90 Å². The molecule has 0 aliphatic carbocycles. The van der Waals surface area contributed by atoms with Gasteiger partial charge in [-0.3, -0.25) is 4.90 Å². The van der Waals surface area contributed by atoms with Gasteiger partial charge < -0.3 is 5.73 Å². The van der Waals surface area contributed by atoms with Gasteiger partial charge in [0.1, 0.15) is 0 Å². The molecule has 4 heteroatoms. The highest BCUT2D eigenvalue weighted by Gasteiger charge is 2.23. The van der Waals surface area contributed by atoms with Gasteiger partial charge >= 0.3 is 0 Å². The molecule has 0 bridgehead atoms. The molecule has 0 aromatic rings. The maximum atomic E-state index is 12.2. The largest absolute Gasteiger partial charge is 0.330 e. The minimum Gasteiger partial charge on any atom is -0.330 e. The quantitative estimate of drug-likeness (QED) is 0.743. The summed E-state index contributed by atoms with van der Waals surface area (Å²) in [5.41, 5.74) is 5.43. The maximum absolute atomic E-state index is 12.2. The summed E-state index contributed by atoms with van der Waals surface area (Å²) in [7, 11) is 0. The third-order valence-corrected chi connectivity index (χ3v) is 2.86. The number of hydrogen-bond donors (Lipinski definition) is 1. The van der Waals surface area contributed by atoms with Crippen LogP contribution in [-0.4, -0.2) is 37.0 Å². The van der Waals surface area contributed by atoms with E-state index in [9.17, 15) is 8.78 Å². The van der Waals surface area contributed by atoms with Crippen molar-refractivity contribution in [1.82, 2.24) is 4.90 Å². The second-order valence-electron chi connectivity index (χ2n) is 3.97. The van der Waals surface area contributed by atoms with Crippen molar-refractivity contribution in [3.8, 4) is 0 Å². The third kappa shape index (κ3) is 3.88. The van der Waals surface area contributed by atoms with E-state index in [4.69, 9.17) is 5.73 Å². The molecule has 1 aliphatic rings. The minimum atomic E-state index is -2.20. The molecule has 2 N–H and O–H groups in total. The molecular weight excluding hydrogens is 186 g/mol. The first-order valence-corrected chi connectivity index (χ1v) is 5.46. The molecule has 0 amide bonds. The van der Waals surface area contributed by atoms with Gasteiger partial charge in [0.2, 0.25) is 0 Å². The second-order valence-corrected chi connectivity index (χ2v) is 3.97. The molecular formula is C10H20F2N2. The smallest absolute Gasteiger partial charge is 0.251 e. The number of alkyl halides is 2. The minimum absolute atomic E-state index is 0.0603. The van der Waals surface area contributed by atoms with Crippen molar-refractivity contribution in [3.63, 3.8) is 0 Å². The van der Waals surface area contributed by atoms with Crippen molar-refractivity contribution < 1.29 is 8.78 Å². The lowest BCUT2D eigenvalue weighted by atomic mass is 9.98. The summed E-state index contributed by atoms with van der Waals surface area (Å²) >= 11 is 0. The van der Waals surface area contributed by atoms with Crippen LogP contribution in [0.1, 0.15) is 32.1 Å². The number of hydrogen-bond acceptors (Lipinski definition) is 2. The number of halogens is 2. The van der Waals surface area contributed by atoms with Gasteiger partial charge in [-0.15, -0.1) is 0 Å². The van der Waals surface area contributed by atoms with Crippen LogP contribution in [0.4, 0.5) is 8.78 Å². The first kappa shape index (κ1) is 11.9. The Kier molecular flexibility index (Phi) is 5.33. The number of rotatable bonds is 5. The normalized spacial score (nSPS) is 24.4. The van der Waals surface area contributed by atoms with Crippen LogP contribution in [0.2, 0.25) is 0 Å². The molecule has 84 valence electrons. The summed E-state index contributed by atoms with van der Waals surface area (Å²) in [4.78, 5) is 1.93.